The molecular formula is C13H20N6O. The van der Waals surface area contributed by atoms with Crippen LogP contribution in [-0.2, 0) is 4.74 Å². The third-order valence-corrected chi connectivity index (χ3v) is 3.82. The number of anilines is 2. The number of nitrogen functional groups attached to an aromatic ring is 1. The highest BCUT2D eigenvalue weighted by Crippen LogP contribution is 2.26. The van der Waals surface area contributed by atoms with Gasteiger partial charge in [-0.05, 0) is 18.8 Å². The standard InChI is InChI=1S/C13H20N6O/c1-20-9-10-2-5-18(6-3-10)13-12-15-4-7-19(12)8-11(16-13)17-14/h4,7-8,10,17H,2-3,5-6,9,14H2,1H3. The van der Waals surface area contributed by atoms with Gasteiger partial charge >= 0.3 is 0 Å². The summed E-state index contributed by atoms with van der Waals surface area (Å²) in [6, 6.07) is 0. The van der Waals surface area contributed by atoms with Gasteiger partial charge in [-0.1, -0.05) is 0 Å². The summed E-state index contributed by atoms with van der Waals surface area (Å²) < 4.78 is 7.18. The number of methoxy groups -OCH3 is 1. The molecule has 108 valence electrons. The summed E-state index contributed by atoms with van der Waals surface area (Å²) in [5.74, 6) is 7.66. The second-order valence-corrected chi connectivity index (χ2v) is 5.14. The van der Waals surface area contributed by atoms with Crippen LogP contribution in [0.5, 0.6) is 0 Å². The molecule has 0 unspecified atom stereocenters. The lowest BCUT2D eigenvalue weighted by atomic mass is 9.98. The predicted molar refractivity (Wildman–Crippen MR) is 77.6 cm³/mol. The minimum absolute atomic E-state index is 0.642. The molecule has 0 spiro atoms. The van der Waals surface area contributed by atoms with Crippen molar-refractivity contribution in [2.45, 2.75) is 12.8 Å². The SMILES string of the molecule is COCC1CCN(c2nc(NN)cn3ccnc23)CC1. The van der Waals surface area contributed by atoms with Crippen LogP contribution in [0.25, 0.3) is 5.65 Å². The third kappa shape index (κ3) is 2.41. The Bertz CT molecular complexity index is 575. The average molecular weight is 276 g/mol. The number of hydrazine groups is 1. The number of hydrogen-bond donors (Lipinski definition) is 2. The zero-order chi connectivity index (χ0) is 13.9. The van der Waals surface area contributed by atoms with Crippen LogP contribution in [0, 0.1) is 5.92 Å². The Hall–Kier alpha value is -1.86. The Kier molecular flexibility index (Phi) is 3.70. The number of rotatable bonds is 4. The molecule has 3 N–H and O–H groups in total. The molecule has 1 aliphatic rings. The van der Waals surface area contributed by atoms with Gasteiger partial charge in [0.15, 0.2) is 17.3 Å². The van der Waals surface area contributed by atoms with E-state index in [-0.39, 0.29) is 0 Å². The minimum atomic E-state index is 0.642. The number of piperidine rings is 1. The van der Waals surface area contributed by atoms with Crippen LogP contribution in [0.4, 0.5) is 11.6 Å². The van der Waals surface area contributed by atoms with E-state index in [0.29, 0.717) is 11.7 Å². The van der Waals surface area contributed by atoms with Crippen molar-refractivity contribution >= 4 is 17.3 Å². The second kappa shape index (κ2) is 5.64. The van der Waals surface area contributed by atoms with Gasteiger partial charge in [-0.25, -0.2) is 15.8 Å². The van der Waals surface area contributed by atoms with E-state index in [4.69, 9.17) is 10.6 Å². The fourth-order valence-corrected chi connectivity index (χ4v) is 2.74. The van der Waals surface area contributed by atoms with E-state index in [1.165, 1.54) is 0 Å². The zero-order valence-corrected chi connectivity index (χ0v) is 11.6. The Morgan fingerprint density at radius 1 is 1.45 bits per heavy atom. The second-order valence-electron chi connectivity index (χ2n) is 5.14. The first-order valence-electron chi connectivity index (χ1n) is 6.86. The molecule has 1 aliphatic heterocycles. The van der Waals surface area contributed by atoms with Gasteiger partial charge < -0.3 is 19.5 Å². The Labute approximate surface area is 117 Å². The van der Waals surface area contributed by atoms with Crippen LogP contribution in [0.3, 0.4) is 0 Å². The quantitative estimate of drug-likeness (QED) is 0.637. The Morgan fingerprint density at radius 3 is 2.95 bits per heavy atom. The summed E-state index contributed by atoms with van der Waals surface area (Å²) in [5, 5.41) is 0. The van der Waals surface area contributed by atoms with Crippen molar-refractivity contribution in [1.29, 1.82) is 0 Å². The number of fused-ring (bicyclic) bond motifs is 1. The fraction of sp³-hybridized carbons (Fsp3) is 0.538. The van der Waals surface area contributed by atoms with Crippen LogP contribution in [0.15, 0.2) is 18.6 Å². The number of ether oxygens (including phenoxy) is 1. The summed E-state index contributed by atoms with van der Waals surface area (Å²) in [6.07, 6.45) is 7.74. The van der Waals surface area contributed by atoms with Crippen molar-refractivity contribution in [1.82, 2.24) is 14.4 Å². The van der Waals surface area contributed by atoms with Crippen molar-refractivity contribution < 1.29 is 4.74 Å². The lowest BCUT2D eigenvalue weighted by Gasteiger charge is -2.32. The minimum Gasteiger partial charge on any atom is -0.384 e. The molecule has 0 radical (unpaired) electrons. The first-order valence-corrected chi connectivity index (χ1v) is 6.86. The monoisotopic (exact) mass is 276 g/mol. The number of imidazole rings is 1. The van der Waals surface area contributed by atoms with Crippen molar-refractivity contribution in [3.8, 4) is 0 Å². The molecule has 2 aromatic heterocycles. The van der Waals surface area contributed by atoms with Crippen molar-refractivity contribution in [3.63, 3.8) is 0 Å². The number of aromatic nitrogens is 3. The Morgan fingerprint density at radius 2 is 2.25 bits per heavy atom. The van der Waals surface area contributed by atoms with Crippen molar-refractivity contribution in [2.75, 3.05) is 37.1 Å². The molecule has 0 bridgehead atoms. The number of nitrogens with one attached hydrogen (secondary N) is 1. The molecule has 0 aromatic carbocycles. The van der Waals surface area contributed by atoms with E-state index in [0.717, 1.165) is 44.0 Å². The molecule has 2 aromatic rings. The van der Waals surface area contributed by atoms with Crippen LogP contribution >= 0.6 is 0 Å². The molecule has 7 nitrogen and oxygen atoms in total. The molecule has 0 aliphatic carbocycles. The van der Waals surface area contributed by atoms with E-state index in [1.807, 2.05) is 16.8 Å². The Balaban J connectivity index is 1.85. The number of nitrogens with two attached hydrogens (primary N) is 1. The highest BCUT2D eigenvalue weighted by atomic mass is 16.5. The predicted octanol–water partition coefficient (Wildman–Crippen LogP) is 0.878. The smallest absolute Gasteiger partial charge is 0.180 e. The van der Waals surface area contributed by atoms with E-state index in [9.17, 15) is 0 Å². The summed E-state index contributed by atoms with van der Waals surface area (Å²) in [4.78, 5) is 11.2. The van der Waals surface area contributed by atoms with Crippen LogP contribution < -0.4 is 16.2 Å². The number of hydrogen-bond acceptors (Lipinski definition) is 6. The molecular weight excluding hydrogens is 256 g/mol. The van der Waals surface area contributed by atoms with E-state index < -0.39 is 0 Å². The van der Waals surface area contributed by atoms with Crippen molar-refractivity contribution in [3.05, 3.63) is 18.6 Å². The van der Waals surface area contributed by atoms with Gasteiger partial charge in [-0.15, -0.1) is 0 Å². The topological polar surface area (TPSA) is 80.7 Å². The lowest BCUT2D eigenvalue weighted by molar-refractivity contribution is 0.139. The first kappa shape index (κ1) is 13.1. The molecule has 20 heavy (non-hydrogen) atoms. The summed E-state index contributed by atoms with van der Waals surface area (Å²) in [7, 11) is 1.76. The molecule has 0 atom stereocenters. The molecule has 3 heterocycles. The van der Waals surface area contributed by atoms with Crippen LogP contribution in [-0.4, -0.2) is 41.2 Å². The molecule has 0 amide bonds. The maximum absolute atomic E-state index is 5.49. The maximum atomic E-state index is 5.49. The van der Waals surface area contributed by atoms with E-state index in [2.05, 4.69) is 20.3 Å². The largest absolute Gasteiger partial charge is 0.384 e. The van der Waals surface area contributed by atoms with Crippen LogP contribution in [0.1, 0.15) is 12.8 Å². The van der Waals surface area contributed by atoms with Gasteiger partial charge in [0, 0.05) is 39.2 Å². The van der Waals surface area contributed by atoms with Gasteiger partial charge in [0.25, 0.3) is 0 Å². The highest BCUT2D eigenvalue weighted by molar-refractivity contribution is 5.66. The van der Waals surface area contributed by atoms with E-state index in [1.54, 1.807) is 13.3 Å². The summed E-state index contributed by atoms with van der Waals surface area (Å²) in [6.45, 7) is 2.78. The summed E-state index contributed by atoms with van der Waals surface area (Å²) in [5.41, 5.74) is 3.48. The molecule has 0 saturated carbocycles. The van der Waals surface area contributed by atoms with Gasteiger partial charge in [-0.2, -0.15) is 0 Å². The number of nitrogens with zero attached hydrogens (tertiary/aromatic N) is 4. The maximum Gasteiger partial charge on any atom is 0.180 e. The van der Waals surface area contributed by atoms with Gasteiger partial charge in [0.05, 0.1) is 6.20 Å². The normalized spacial score (nSPS) is 16.8. The average Bonchev–Trinajstić information content (AvgIpc) is 2.95. The molecule has 3 rings (SSSR count). The fourth-order valence-electron chi connectivity index (χ4n) is 2.74. The third-order valence-electron chi connectivity index (χ3n) is 3.82. The zero-order valence-electron chi connectivity index (χ0n) is 11.6. The van der Waals surface area contributed by atoms with E-state index >= 15 is 0 Å². The van der Waals surface area contributed by atoms with Gasteiger partial charge in [-0.3, -0.25) is 0 Å². The molecule has 1 fully saturated rings. The summed E-state index contributed by atoms with van der Waals surface area (Å²) >= 11 is 0. The van der Waals surface area contributed by atoms with Crippen LogP contribution in [0.2, 0.25) is 0 Å². The first-order chi connectivity index (χ1) is 9.81. The van der Waals surface area contributed by atoms with Crippen molar-refractivity contribution in [2.24, 2.45) is 11.8 Å². The van der Waals surface area contributed by atoms with Gasteiger partial charge in [0.1, 0.15) is 0 Å². The molecule has 1 saturated heterocycles. The van der Waals surface area contributed by atoms with Gasteiger partial charge in [0.2, 0.25) is 0 Å². The molecule has 7 heteroatoms. The lowest BCUT2D eigenvalue weighted by Crippen LogP contribution is -2.36. The highest BCUT2D eigenvalue weighted by Gasteiger charge is 2.22.